The van der Waals surface area contributed by atoms with Crippen LogP contribution in [0.4, 0.5) is 5.69 Å². The predicted octanol–water partition coefficient (Wildman–Crippen LogP) is 3.86. The van der Waals surface area contributed by atoms with E-state index in [1.165, 1.54) is 0 Å². The summed E-state index contributed by atoms with van der Waals surface area (Å²) >= 11 is 1.11. The SMILES string of the molecule is CCOC(=O)c1cccc(NC(=O)CSc2nnc(COc3cccc(C)c3)o2)c1. The molecule has 1 aromatic heterocycles. The van der Waals surface area contributed by atoms with Gasteiger partial charge < -0.3 is 19.2 Å². The molecule has 0 aliphatic carbocycles. The lowest BCUT2D eigenvalue weighted by Gasteiger charge is -2.06. The lowest BCUT2D eigenvalue weighted by molar-refractivity contribution is -0.113. The summed E-state index contributed by atoms with van der Waals surface area (Å²) in [5.74, 6) is 0.406. The lowest BCUT2D eigenvalue weighted by Crippen LogP contribution is -2.14. The molecule has 2 aromatic carbocycles. The van der Waals surface area contributed by atoms with E-state index in [1.54, 1.807) is 31.2 Å². The van der Waals surface area contributed by atoms with Crippen molar-refractivity contribution in [2.75, 3.05) is 17.7 Å². The number of hydrogen-bond donors (Lipinski definition) is 1. The summed E-state index contributed by atoms with van der Waals surface area (Å²) in [4.78, 5) is 24.0. The van der Waals surface area contributed by atoms with Crippen LogP contribution in [-0.4, -0.2) is 34.4 Å². The van der Waals surface area contributed by atoms with Crippen LogP contribution in [0.3, 0.4) is 0 Å². The van der Waals surface area contributed by atoms with E-state index in [9.17, 15) is 9.59 Å². The Kier molecular flexibility index (Phi) is 7.45. The average molecular weight is 427 g/mol. The Balaban J connectivity index is 1.47. The number of anilines is 1. The van der Waals surface area contributed by atoms with Crippen LogP contribution in [0.2, 0.25) is 0 Å². The van der Waals surface area contributed by atoms with Crippen LogP contribution in [-0.2, 0) is 16.1 Å². The summed E-state index contributed by atoms with van der Waals surface area (Å²) in [5, 5.41) is 10.8. The highest BCUT2D eigenvalue weighted by atomic mass is 32.2. The molecule has 3 aromatic rings. The van der Waals surface area contributed by atoms with Gasteiger partial charge in [-0.1, -0.05) is 30.0 Å². The van der Waals surface area contributed by atoms with Crippen LogP contribution < -0.4 is 10.1 Å². The molecule has 8 nitrogen and oxygen atoms in total. The first-order valence-corrected chi connectivity index (χ1v) is 10.2. The van der Waals surface area contributed by atoms with E-state index in [-0.39, 0.29) is 30.1 Å². The fraction of sp³-hybridized carbons (Fsp3) is 0.238. The van der Waals surface area contributed by atoms with E-state index in [1.807, 2.05) is 31.2 Å². The Morgan fingerprint density at radius 2 is 1.97 bits per heavy atom. The van der Waals surface area contributed by atoms with Gasteiger partial charge in [0.05, 0.1) is 17.9 Å². The fourth-order valence-corrected chi connectivity index (χ4v) is 3.05. The van der Waals surface area contributed by atoms with Crippen molar-refractivity contribution in [1.82, 2.24) is 10.2 Å². The molecule has 0 saturated heterocycles. The number of aryl methyl sites for hydroxylation is 1. The highest BCUT2D eigenvalue weighted by molar-refractivity contribution is 7.99. The average Bonchev–Trinajstić information content (AvgIpc) is 3.19. The fourth-order valence-electron chi connectivity index (χ4n) is 2.47. The Labute approximate surface area is 178 Å². The molecule has 0 atom stereocenters. The van der Waals surface area contributed by atoms with Crippen molar-refractivity contribution in [3.63, 3.8) is 0 Å². The molecule has 30 heavy (non-hydrogen) atoms. The van der Waals surface area contributed by atoms with Crippen LogP contribution in [0.25, 0.3) is 0 Å². The van der Waals surface area contributed by atoms with Crippen LogP contribution in [0, 0.1) is 6.92 Å². The van der Waals surface area contributed by atoms with Crippen LogP contribution >= 0.6 is 11.8 Å². The number of carbonyl (C=O) groups is 2. The summed E-state index contributed by atoms with van der Waals surface area (Å²) in [6.45, 7) is 4.14. The van der Waals surface area contributed by atoms with Gasteiger partial charge in [-0.15, -0.1) is 10.2 Å². The molecular formula is C21H21N3O5S. The van der Waals surface area contributed by atoms with Crippen LogP contribution in [0.1, 0.15) is 28.7 Å². The minimum atomic E-state index is -0.436. The molecular weight excluding hydrogens is 406 g/mol. The minimum absolute atomic E-state index is 0.0734. The maximum absolute atomic E-state index is 12.2. The molecule has 1 amide bonds. The number of rotatable bonds is 9. The van der Waals surface area contributed by atoms with Crippen LogP contribution in [0.5, 0.6) is 5.75 Å². The van der Waals surface area contributed by atoms with Crippen molar-refractivity contribution < 1.29 is 23.5 Å². The smallest absolute Gasteiger partial charge is 0.338 e. The van der Waals surface area contributed by atoms with Gasteiger partial charge in [-0.05, 0) is 49.7 Å². The number of benzene rings is 2. The number of amides is 1. The number of esters is 1. The van der Waals surface area contributed by atoms with E-state index in [4.69, 9.17) is 13.9 Å². The number of nitrogens with one attached hydrogen (secondary N) is 1. The topological polar surface area (TPSA) is 104 Å². The number of nitrogens with zero attached hydrogens (tertiary/aromatic N) is 2. The number of aromatic nitrogens is 2. The van der Waals surface area contributed by atoms with Crippen molar-refractivity contribution in [1.29, 1.82) is 0 Å². The van der Waals surface area contributed by atoms with Gasteiger partial charge in [0.2, 0.25) is 5.91 Å². The molecule has 9 heteroatoms. The second-order valence-corrected chi connectivity index (χ2v) is 7.13. The monoisotopic (exact) mass is 427 g/mol. The van der Waals surface area contributed by atoms with Crippen molar-refractivity contribution in [2.45, 2.75) is 25.7 Å². The Morgan fingerprint density at radius 1 is 1.13 bits per heavy atom. The summed E-state index contributed by atoms with van der Waals surface area (Å²) in [7, 11) is 0. The summed E-state index contributed by atoms with van der Waals surface area (Å²) < 4.78 is 16.1. The van der Waals surface area contributed by atoms with Crippen molar-refractivity contribution in [3.8, 4) is 5.75 Å². The molecule has 0 aliphatic heterocycles. The highest BCUT2D eigenvalue weighted by Gasteiger charge is 2.12. The summed E-state index contributed by atoms with van der Waals surface area (Å²) in [6.07, 6.45) is 0. The van der Waals surface area contributed by atoms with Crippen LogP contribution in [0.15, 0.2) is 58.2 Å². The highest BCUT2D eigenvalue weighted by Crippen LogP contribution is 2.19. The number of ether oxygens (including phenoxy) is 2. The van der Waals surface area contributed by atoms with E-state index >= 15 is 0 Å². The van der Waals surface area contributed by atoms with Gasteiger partial charge >= 0.3 is 5.97 Å². The third-order valence-electron chi connectivity index (χ3n) is 3.78. The minimum Gasteiger partial charge on any atom is -0.484 e. The second-order valence-electron chi connectivity index (χ2n) is 6.21. The molecule has 0 aliphatic rings. The maximum Gasteiger partial charge on any atom is 0.338 e. The lowest BCUT2D eigenvalue weighted by atomic mass is 10.2. The molecule has 0 spiro atoms. The first kappa shape index (κ1) is 21.4. The largest absolute Gasteiger partial charge is 0.484 e. The molecule has 0 saturated carbocycles. The van der Waals surface area contributed by atoms with Crippen molar-refractivity contribution in [2.24, 2.45) is 0 Å². The Morgan fingerprint density at radius 3 is 2.77 bits per heavy atom. The third-order valence-corrected chi connectivity index (χ3v) is 4.60. The Bertz CT molecular complexity index is 1020. The molecule has 1 N–H and O–H groups in total. The van der Waals surface area contributed by atoms with Gasteiger partial charge in [-0.3, -0.25) is 4.79 Å². The predicted molar refractivity (Wildman–Crippen MR) is 112 cm³/mol. The van der Waals surface area contributed by atoms with Crippen molar-refractivity contribution >= 4 is 29.3 Å². The quantitative estimate of drug-likeness (QED) is 0.405. The first-order chi connectivity index (χ1) is 14.5. The number of carbonyl (C=O) groups excluding carboxylic acids is 2. The van der Waals surface area contributed by atoms with Gasteiger partial charge in [0.25, 0.3) is 11.1 Å². The molecule has 0 bridgehead atoms. The zero-order valence-corrected chi connectivity index (χ0v) is 17.4. The van der Waals surface area contributed by atoms with Gasteiger partial charge in [0.1, 0.15) is 5.75 Å². The number of thioether (sulfide) groups is 1. The van der Waals surface area contributed by atoms with E-state index in [2.05, 4.69) is 15.5 Å². The van der Waals surface area contributed by atoms with Crippen molar-refractivity contribution in [3.05, 3.63) is 65.5 Å². The standard InChI is InChI=1S/C21H21N3O5S/c1-3-27-20(26)15-7-5-8-16(11-15)22-18(25)13-30-21-24-23-19(29-21)12-28-17-9-4-6-14(2)10-17/h4-11H,3,12-13H2,1-2H3,(H,22,25). The number of hydrogen-bond acceptors (Lipinski definition) is 8. The van der Waals surface area contributed by atoms with Gasteiger partial charge in [0, 0.05) is 5.69 Å². The van der Waals surface area contributed by atoms with Gasteiger partial charge in [-0.2, -0.15) is 0 Å². The van der Waals surface area contributed by atoms with Gasteiger partial charge in [-0.25, -0.2) is 4.79 Å². The zero-order chi connectivity index (χ0) is 21.3. The summed E-state index contributed by atoms with van der Waals surface area (Å²) in [5.41, 5.74) is 1.97. The van der Waals surface area contributed by atoms with E-state index < -0.39 is 5.97 Å². The first-order valence-electron chi connectivity index (χ1n) is 9.25. The summed E-state index contributed by atoms with van der Waals surface area (Å²) in [6, 6.07) is 14.2. The molecule has 1 heterocycles. The Hall–Kier alpha value is -3.33. The van der Waals surface area contributed by atoms with Gasteiger partial charge in [0.15, 0.2) is 6.61 Å². The maximum atomic E-state index is 12.2. The molecule has 0 radical (unpaired) electrons. The molecule has 0 unspecified atom stereocenters. The normalized spacial score (nSPS) is 10.5. The molecule has 3 rings (SSSR count). The zero-order valence-electron chi connectivity index (χ0n) is 16.6. The molecule has 0 fully saturated rings. The van der Waals surface area contributed by atoms with E-state index in [0.29, 0.717) is 22.9 Å². The third kappa shape index (κ3) is 6.35. The van der Waals surface area contributed by atoms with E-state index in [0.717, 1.165) is 17.3 Å². The molecule has 156 valence electrons. The second kappa shape index (κ2) is 10.4.